The highest BCUT2D eigenvalue weighted by molar-refractivity contribution is 5.95. The van der Waals surface area contributed by atoms with Gasteiger partial charge in [-0.3, -0.25) is 19.2 Å². The SMILES string of the molecule is CCC(C)C(N)C(=O)NC(CC(=O)O)C(=O)NC(CC(N)=O)C(=O)O. The summed E-state index contributed by atoms with van der Waals surface area (Å²) in [5.74, 6) is -5.90. The monoisotopic (exact) mass is 360 g/mol. The van der Waals surface area contributed by atoms with Gasteiger partial charge in [0.25, 0.3) is 0 Å². The summed E-state index contributed by atoms with van der Waals surface area (Å²) in [6.45, 7) is 3.52. The molecule has 0 aromatic rings. The molecular weight excluding hydrogens is 336 g/mol. The van der Waals surface area contributed by atoms with Crippen molar-refractivity contribution in [2.24, 2.45) is 17.4 Å². The number of carboxylic acids is 2. The molecule has 8 N–H and O–H groups in total. The third-order valence-electron chi connectivity index (χ3n) is 3.59. The first-order valence-electron chi connectivity index (χ1n) is 7.58. The molecule has 0 aromatic carbocycles. The van der Waals surface area contributed by atoms with Crippen molar-refractivity contribution in [1.29, 1.82) is 0 Å². The predicted octanol–water partition coefficient (Wildman–Crippen LogP) is -2.24. The minimum Gasteiger partial charge on any atom is -0.481 e. The highest BCUT2D eigenvalue weighted by Crippen LogP contribution is 2.06. The second-order valence-electron chi connectivity index (χ2n) is 5.64. The van der Waals surface area contributed by atoms with Gasteiger partial charge in [0.2, 0.25) is 17.7 Å². The number of carboxylic acid groups (broad SMARTS) is 2. The lowest BCUT2D eigenvalue weighted by molar-refractivity contribution is -0.144. The van der Waals surface area contributed by atoms with Crippen molar-refractivity contribution in [2.45, 2.75) is 51.2 Å². The molecule has 0 saturated carbocycles. The molecule has 0 spiro atoms. The molecule has 0 aliphatic carbocycles. The largest absolute Gasteiger partial charge is 0.481 e. The molecule has 142 valence electrons. The molecule has 0 saturated heterocycles. The van der Waals surface area contributed by atoms with E-state index >= 15 is 0 Å². The van der Waals surface area contributed by atoms with Gasteiger partial charge in [-0.1, -0.05) is 20.3 Å². The van der Waals surface area contributed by atoms with Crippen LogP contribution in [-0.2, 0) is 24.0 Å². The second kappa shape index (κ2) is 10.2. The molecule has 0 aromatic heterocycles. The summed E-state index contributed by atoms with van der Waals surface area (Å²) in [6.07, 6.45) is -0.876. The number of hydrogen-bond donors (Lipinski definition) is 6. The number of nitrogens with two attached hydrogens (primary N) is 2. The number of hydrogen-bond acceptors (Lipinski definition) is 6. The fraction of sp³-hybridized carbons (Fsp3) is 0.643. The highest BCUT2D eigenvalue weighted by atomic mass is 16.4. The van der Waals surface area contributed by atoms with Gasteiger partial charge in [0.15, 0.2) is 0 Å². The van der Waals surface area contributed by atoms with Crippen LogP contribution in [-0.4, -0.2) is 58.0 Å². The van der Waals surface area contributed by atoms with E-state index in [1.54, 1.807) is 13.8 Å². The summed E-state index contributed by atoms with van der Waals surface area (Å²) in [7, 11) is 0. The zero-order chi connectivity index (χ0) is 19.7. The van der Waals surface area contributed by atoms with E-state index < -0.39 is 60.6 Å². The van der Waals surface area contributed by atoms with E-state index in [9.17, 15) is 24.0 Å². The van der Waals surface area contributed by atoms with Crippen LogP contribution in [0.4, 0.5) is 0 Å². The number of aliphatic carboxylic acids is 2. The van der Waals surface area contributed by atoms with Crippen molar-refractivity contribution in [3.05, 3.63) is 0 Å². The van der Waals surface area contributed by atoms with Crippen LogP contribution in [0.1, 0.15) is 33.1 Å². The van der Waals surface area contributed by atoms with Crippen LogP contribution in [0.3, 0.4) is 0 Å². The number of rotatable bonds is 11. The van der Waals surface area contributed by atoms with Crippen molar-refractivity contribution < 1.29 is 34.2 Å². The Morgan fingerprint density at radius 1 is 0.960 bits per heavy atom. The summed E-state index contributed by atoms with van der Waals surface area (Å²) in [4.78, 5) is 56.9. The van der Waals surface area contributed by atoms with E-state index in [4.69, 9.17) is 21.7 Å². The van der Waals surface area contributed by atoms with E-state index in [2.05, 4.69) is 5.32 Å². The van der Waals surface area contributed by atoms with E-state index in [0.29, 0.717) is 6.42 Å². The Labute approximate surface area is 144 Å². The summed E-state index contributed by atoms with van der Waals surface area (Å²) in [6, 6.07) is -4.15. The number of carbonyl (C=O) groups is 5. The first-order valence-corrected chi connectivity index (χ1v) is 7.58. The lowest BCUT2D eigenvalue weighted by atomic mass is 9.99. The van der Waals surface area contributed by atoms with Crippen LogP contribution in [0.2, 0.25) is 0 Å². The lowest BCUT2D eigenvalue weighted by Crippen LogP contribution is -2.56. The molecule has 25 heavy (non-hydrogen) atoms. The van der Waals surface area contributed by atoms with Crippen LogP contribution in [0, 0.1) is 5.92 Å². The quantitative estimate of drug-likeness (QED) is 0.237. The van der Waals surface area contributed by atoms with Crippen molar-refractivity contribution >= 4 is 29.7 Å². The number of nitrogens with one attached hydrogen (secondary N) is 2. The Kier molecular flexibility index (Phi) is 9.13. The molecule has 0 fully saturated rings. The molecule has 0 heterocycles. The van der Waals surface area contributed by atoms with Gasteiger partial charge in [-0.15, -0.1) is 0 Å². The van der Waals surface area contributed by atoms with Gasteiger partial charge < -0.3 is 32.3 Å². The number of carbonyl (C=O) groups excluding carboxylic acids is 3. The van der Waals surface area contributed by atoms with Crippen LogP contribution in [0.15, 0.2) is 0 Å². The zero-order valence-corrected chi connectivity index (χ0v) is 14.0. The van der Waals surface area contributed by atoms with E-state index in [-0.39, 0.29) is 5.92 Å². The molecular formula is C14H24N4O7. The molecule has 4 atom stereocenters. The first kappa shape index (κ1) is 22.3. The van der Waals surface area contributed by atoms with Crippen LogP contribution < -0.4 is 22.1 Å². The van der Waals surface area contributed by atoms with Gasteiger partial charge in [-0.25, -0.2) is 4.79 Å². The van der Waals surface area contributed by atoms with E-state index in [1.807, 2.05) is 5.32 Å². The number of primary amides is 1. The average Bonchev–Trinajstić information content (AvgIpc) is 2.50. The summed E-state index contributed by atoms with van der Waals surface area (Å²) < 4.78 is 0. The standard InChI is InChI=1S/C14H24N4O7/c1-3-6(2)11(16)13(23)17-7(5-10(20)21)12(22)18-8(14(24)25)4-9(15)19/h6-8,11H,3-5,16H2,1-2H3,(H2,15,19)(H,17,23)(H,18,22)(H,20,21)(H,24,25). The van der Waals surface area contributed by atoms with Crippen LogP contribution >= 0.6 is 0 Å². The Balaban J connectivity index is 5.14. The molecule has 11 heteroatoms. The van der Waals surface area contributed by atoms with Crippen molar-refractivity contribution in [2.75, 3.05) is 0 Å². The van der Waals surface area contributed by atoms with E-state index in [0.717, 1.165) is 0 Å². The summed E-state index contributed by atoms with van der Waals surface area (Å²) in [5, 5.41) is 22.0. The molecule has 0 rings (SSSR count). The van der Waals surface area contributed by atoms with Gasteiger partial charge in [0, 0.05) is 0 Å². The van der Waals surface area contributed by atoms with Crippen LogP contribution in [0.25, 0.3) is 0 Å². The molecule has 4 unspecified atom stereocenters. The van der Waals surface area contributed by atoms with Crippen molar-refractivity contribution in [1.82, 2.24) is 10.6 Å². The maximum Gasteiger partial charge on any atom is 0.326 e. The van der Waals surface area contributed by atoms with Gasteiger partial charge in [0.1, 0.15) is 12.1 Å². The Morgan fingerprint density at radius 3 is 1.88 bits per heavy atom. The lowest BCUT2D eigenvalue weighted by Gasteiger charge is -2.23. The Morgan fingerprint density at radius 2 is 1.48 bits per heavy atom. The maximum atomic E-state index is 12.1. The maximum absolute atomic E-state index is 12.1. The fourth-order valence-electron chi connectivity index (χ4n) is 1.84. The molecule has 0 aliphatic rings. The minimum absolute atomic E-state index is 0.213. The van der Waals surface area contributed by atoms with E-state index in [1.165, 1.54) is 0 Å². The van der Waals surface area contributed by atoms with Crippen molar-refractivity contribution in [3.63, 3.8) is 0 Å². The Hall–Kier alpha value is -2.69. The normalized spacial score (nSPS) is 15.3. The number of amides is 3. The summed E-state index contributed by atoms with van der Waals surface area (Å²) >= 11 is 0. The molecule has 0 radical (unpaired) electrons. The molecule has 0 bridgehead atoms. The van der Waals surface area contributed by atoms with Gasteiger partial charge in [0.05, 0.1) is 18.9 Å². The van der Waals surface area contributed by atoms with Crippen molar-refractivity contribution in [3.8, 4) is 0 Å². The molecule has 0 aliphatic heterocycles. The predicted molar refractivity (Wildman–Crippen MR) is 85.0 cm³/mol. The Bertz CT molecular complexity index is 537. The fourth-order valence-corrected chi connectivity index (χ4v) is 1.84. The molecule has 11 nitrogen and oxygen atoms in total. The zero-order valence-electron chi connectivity index (χ0n) is 14.0. The highest BCUT2D eigenvalue weighted by Gasteiger charge is 2.31. The van der Waals surface area contributed by atoms with Crippen LogP contribution in [0.5, 0.6) is 0 Å². The smallest absolute Gasteiger partial charge is 0.326 e. The third-order valence-corrected chi connectivity index (χ3v) is 3.59. The topological polar surface area (TPSA) is 202 Å². The summed E-state index contributed by atoms with van der Waals surface area (Å²) in [5.41, 5.74) is 10.6. The van der Waals surface area contributed by atoms with Gasteiger partial charge in [-0.2, -0.15) is 0 Å². The minimum atomic E-state index is -1.64. The average molecular weight is 360 g/mol. The van der Waals surface area contributed by atoms with Gasteiger partial charge >= 0.3 is 11.9 Å². The van der Waals surface area contributed by atoms with Gasteiger partial charge in [-0.05, 0) is 5.92 Å². The third kappa shape index (κ3) is 8.11. The first-order chi connectivity index (χ1) is 11.5. The molecule has 3 amide bonds. The second-order valence-corrected chi connectivity index (χ2v) is 5.64.